The van der Waals surface area contributed by atoms with E-state index in [-0.39, 0.29) is 39.4 Å². The molecule has 0 heterocycles. The topological polar surface area (TPSA) is 52.6 Å². The van der Waals surface area contributed by atoms with Gasteiger partial charge in [0.2, 0.25) is 0 Å². The predicted octanol–water partition coefficient (Wildman–Crippen LogP) is 1.86. The predicted molar refractivity (Wildman–Crippen MR) is 50.6 cm³/mol. The van der Waals surface area contributed by atoms with Gasteiger partial charge in [-0.3, -0.25) is 0 Å². The van der Waals surface area contributed by atoms with E-state index in [2.05, 4.69) is 8.37 Å². The third kappa shape index (κ3) is 10.8. The van der Waals surface area contributed by atoms with E-state index >= 15 is 0 Å². The second-order valence-electron chi connectivity index (χ2n) is 2.76. The monoisotopic (exact) mass is 300 g/mol. The van der Waals surface area contributed by atoms with Crippen LogP contribution in [0.5, 0.6) is 0 Å². The molecule has 0 atom stereocenters. The Hall–Kier alpha value is 0.753. The fraction of sp³-hybridized carbons (Fsp3) is 1.00. The van der Waals surface area contributed by atoms with Gasteiger partial charge in [-0.2, -0.15) is 8.42 Å². The molecular weight excluding hydrogens is 283 g/mol. The standard InChI is InChI=1S/C8H18O4S.Zr/c1-3-5-7-11-13(9,10)12-8-6-4-2;/h3-8H2,1-2H3;. The first-order chi connectivity index (χ1) is 6.12. The van der Waals surface area contributed by atoms with Crippen molar-refractivity contribution in [2.45, 2.75) is 39.5 Å². The number of rotatable bonds is 8. The van der Waals surface area contributed by atoms with Crippen molar-refractivity contribution in [2.24, 2.45) is 0 Å². The van der Waals surface area contributed by atoms with Crippen LogP contribution < -0.4 is 0 Å². The van der Waals surface area contributed by atoms with Gasteiger partial charge in [-0.05, 0) is 12.8 Å². The van der Waals surface area contributed by atoms with Gasteiger partial charge in [0.25, 0.3) is 0 Å². The summed E-state index contributed by atoms with van der Waals surface area (Å²) in [7, 11) is -3.73. The van der Waals surface area contributed by atoms with Crippen molar-refractivity contribution < 1.29 is 43.0 Å². The molecule has 0 radical (unpaired) electrons. The van der Waals surface area contributed by atoms with Crippen LogP contribution in [0.1, 0.15) is 39.5 Å². The summed E-state index contributed by atoms with van der Waals surface area (Å²) in [6, 6.07) is 0. The molecule has 0 saturated heterocycles. The molecule has 0 aromatic heterocycles. The Bertz CT molecular complexity index is 187. The van der Waals surface area contributed by atoms with E-state index in [1.54, 1.807) is 0 Å². The van der Waals surface area contributed by atoms with Crippen LogP contribution in [0, 0.1) is 0 Å². The van der Waals surface area contributed by atoms with E-state index in [1.807, 2.05) is 13.8 Å². The van der Waals surface area contributed by atoms with Crippen molar-refractivity contribution in [2.75, 3.05) is 13.2 Å². The SMILES string of the molecule is CCCCOS(=O)(=O)OCCCC.[Zr]. The maximum atomic E-state index is 10.9. The van der Waals surface area contributed by atoms with Gasteiger partial charge in [0.15, 0.2) is 0 Å². The van der Waals surface area contributed by atoms with Crippen molar-refractivity contribution in [1.82, 2.24) is 0 Å². The van der Waals surface area contributed by atoms with E-state index in [0.717, 1.165) is 25.7 Å². The average molecular weight is 302 g/mol. The van der Waals surface area contributed by atoms with Crippen LogP contribution in [0.3, 0.4) is 0 Å². The van der Waals surface area contributed by atoms with Gasteiger partial charge in [0.05, 0.1) is 13.2 Å². The zero-order chi connectivity index (χ0) is 10.2. The molecular formula is C8H18O4SZr. The first-order valence-electron chi connectivity index (χ1n) is 4.66. The first kappa shape index (κ1) is 17.2. The van der Waals surface area contributed by atoms with Crippen LogP contribution in [0.15, 0.2) is 0 Å². The van der Waals surface area contributed by atoms with Gasteiger partial charge in [-0.15, -0.1) is 0 Å². The summed E-state index contributed by atoms with van der Waals surface area (Å²) in [6.07, 6.45) is 3.28. The van der Waals surface area contributed by atoms with Gasteiger partial charge in [-0.1, -0.05) is 26.7 Å². The van der Waals surface area contributed by atoms with Crippen LogP contribution in [0.2, 0.25) is 0 Å². The fourth-order valence-corrected chi connectivity index (χ4v) is 1.36. The summed E-state index contributed by atoms with van der Waals surface area (Å²) in [6.45, 7) is 4.36. The smallest absolute Gasteiger partial charge is 0.248 e. The first-order valence-corrected chi connectivity index (χ1v) is 5.99. The molecule has 0 spiro atoms. The quantitative estimate of drug-likeness (QED) is 0.642. The maximum absolute atomic E-state index is 10.9. The van der Waals surface area contributed by atoms with Crippen molar-refractivity contribution >= 4 is 10.4 Å². The Kier molecular flexibility index (Phi) is 12.6. The van der Waals surface area contributed by atoms with Gasteiger partial charge in [0.1, 0.15) is 0 Å². The van der Waals surface area contributed by atoms with Gasteiger partial charge >= 0.3 is 10.4 Å². The summed E-state index contributed by atoms with van der Waals surface area (Å²) in [5.41, 5.74) is 0. The Balaban J connectivity index is 0. The Labute approximate surface area is 106 Å². The van der Waals surface area contributed by atoms with Crippen LogP contribution in [0.25, 0.3) is 0 Å². The molecule has 0 aromatic carbocycles. The van der Waals surface area contributed by atoms with Crippen molar-refractivity contribution in [3.8, 4) is 0 Å². The zero-order valence-electron chi connectivity index (χ0n) is 8.78. The molecule has 84 valence electrons. The van der Waals surface area contributed by atoms with E-state index in [4.69, 9.17) is 0 Å². The second kappa shape index (κ2) is 10.3. The van der Waals surface area contributed by atoms with Crippen LogP contribution in [-0.2, 0) is 45.0 Å². The third-order valence-electron chi connectivity index (χ3n) is 1.45. The van der Waals surface area contributed by atoms with Crippen molar-refractivity contribution in [3.63, 3.8) is 0 Å². The average Bonchev–Trinajstić information content (AvgIpc) is 2.05. The van der Waals surface area contributed by atoms with Crippen molar-refractivity contribution in [1.29, 1.82) is 0 Å². The molecule has 0 aromatic rings. The Morgan fingerprint density at radius 1 is 0.929 bits per heavy atom. The molecule has 0 rings (SSSR count). The summed E-state index contributed by atoms with van der Waals surface area (Å²) < 4.78 is 31.0. The normalized spacial score (nSPS) is 11.0. The summed E-state index contributed by atoms with van der Waals surface area (Å²) in [5.74, 6) is 0. The van der Waals surface area contributed by atoms with Crippen LogP contribution in [0.4, 0.5) is 0 Å². The van der Waals surface area contributed by atoms with Gasteiger partial charge in [0, 0.05) is 26.2 Å². The molecule has 0 amide bonds. The molecule has 14 heavy (non-hydrogen) atoms. The largest absolute Gasteiger partial charge is 0.399 e. The van der Waals surface area contributed by atoms with E-state index < -0.39 is 10.4 Å². The zero-order valence-corrected chi connectivity index (χ0v) is 12.1. The summed E-state index contributed by atoms with van der Waals surface area (Å²) in [5, 5.41) is 0. The number of hydrogen-bond donors (Lipinski definition) is 0. The van der Waals surface area contributed by atoms with E-state index in [0.29, 0.717) is 0 Å². The minimum atomic E-state index is -3.73. The Morgan fingerprint density at radius 3 is 1.57 bits per heavy atom. The third-order valence-corrected chi connectivity index (χ3v) is 2.36. The van der Waals surface area contributed by atoms with Crippen LogP contribution >= 0.6 is 0 Å². The number of hydrogen-bond acceptors (Lipinski definition) is 4. The minimum absolute atomic E-state index is 0. The maximum Gasteiger partial charge on any atom is 0.399 e. The van der Waals surface area contributed by atoms with Gasteiger partial charge < -0.3 is 0 Å². The summed E-state index contributed by atoms with van der Waals surface area (Å²) >= 11 is 0. The molecule has 4 nitrogen and oxygen atoms in total. The molecule has 0 bridgehead atoms. The van der Waals surface area contributed by atoms with E-state index in [1.165, 1.54) is 0 Å². The minimum Gasteiger partial charge on any atom is -0.248 e. The summed E-state index contributed by atoms with van der Waals surface area (Å²) in [4.78, 5) is 0. The van der Waals surface area contributed by atoms with Crippen LogP contribution in [-0.4, -0.2) is 21.6 Å². The molecule has 6 heteroatoms. The molecule has 0 N–H and O–H groups in total. The second-order valence-corrected chi connectivity index (χ2v) is 4.05. The fourth-order valence-electron chi connectivity index (χ4n) is 0.645. The molecule has 0 unspecified atom stereocenters. The molecule has 0 fully saturated rings. The number of unbranched alkanes of at least 4 members (excludes halogenated alkanes) is 2. The van der Waals surface area contributed by atoms with Gasteiger partial charge in [-0.25, -0.2) is 8.37 Å². The molecule has 0 aliphatic rings. The molecule has 0 saturated carbocycles. The Morgan fingerprint density at radius 2 is 1.29 bits per heavy atom. The molecule has 0 aliphatic carbocycles. The van der Waals surface area contributed by atoms with Crippen molar-refractivity contribution in [3.05, 3.63) is 0 Å². The molecule has 0 aliphatic heterocycles. The van der Waals surface area contributed by atoms with E-state index in [9.17, 15) is 8.42 Å².